The normalized spacial score (nSPS) is 14.2. The van der Waals surface area contributed by atoms with Crippen LogP contribution in [0.15, 0.2) is 55.6 Å². The molecule has 0 unspecified atom stereocenters. The lowest BCUT2D eigenvalue weighted by atomic mass is 9.89. The van der Waals surface area contributed by atoms with Crippen molar-refractivity contribution in [1.29, 1.82) is 0 Å². The van der Waals surface area contributed by atoms with Gasteiger partial charge < -0.3 is 10.2 Å². The molecule has 1 aliphatic carbocycles. The first-order valence-corrected chi connectivity index (χ1v) is 13.1. The molecule has 0 aliphatic heterocycles. The van der Waals surface area contributed by atoms with Crippen LogP contribution in [-0.2, 0) is 6.42 Å². The molecule has 2 nitrogen and oxygen atoms in total. The molecule has 1 N–H and O–H groups in total. The average Bonchev–Trinajstić information content (AvgIpc) is 2.82. The third-order valence-electron chi connectivity index (χ3n) is 6.91. The second kappa shape index (κ2) is 12.9. The van der Waals surface area contributed by atoms with Gasteiger partial charge in [0.15, 0.2) is 0 Å². The Hall–Kier alpha value is -2.19. The Morgan fingerprint density at radius 2 is 1.73 bits per heavy atom. The third kappa shape index (κ3) is 7.67. The van der Waals surface area contributed by atoms with Crippen molar-refractivity contribution in [2.75, 3.05) is 18.9 Å². The van der Waals surface area contributed by atoms with Crippen molar-refractivity contribution in [3.05, 3.63) is 77.3 Å². The number of halogens is 1. The molecule has 33 heavy (non-hydrogen) atoms. The number of hydrogen-bond donors (Lipinski definition) is 1. The highest BCUT2D eigenvalue weighted by atomic mass is 35.5. The van der Waals surface area contributed by atoms with Crippen LogP contribution in [-0.4, -0.2) is 18.5 Å². The minimum absolute atomic E-state index is 0.718. The molecular formula is C30H41ClN2. The average molecular weight is 465 g/mol. The van der Waals surface area contributed by atoms with E-state index in [1.54, 1.807) is 0 Å². The second-order valence-electron chi connectivity index (χ2n) is 9.64. The van der Waals surface area contributed by atoms with Crippen molar-refractivity contribution in [3.63, 3.8) is 0 Å². The number of hydrogen-bond acceptors (Lipinski definition) is 2. The van der Waals surface area contributed by atoms with E-state index < -0.39 is 0 Å². The summed E-state index contributed by atoms with van der Waals surface area (Å²) in [6.45, 7) is 11.9. The summed E-state index contributed by atoms with van der Waals surface area (Å²) in [5, 5.41) is 4.14. The first-order valence-electron chi connectivity index (χ1n) is 12.7. The standard InChI is InChI=1S/C30H41ClN2/c1-5-6-7-9-12-25-15-17-27(18-16-25)23(2)32-28-19-20-29(30(31)21-28)24(3)33(4)22-26-13-10-8-11-14-26/h15-21,26,32H,2-3,5-14,22H2,1,4H3. The highest BCUT2D eigenvalue weighted by molar-refractivity contribution is 6.32. The fourth-order valence-electron chi connectivity index (χ4n) is 4.77. The van der Waals surface area contributed by atoms with Gasteiger partial charge in [0, 0.05) is 36.2 Å². The van der Waals surface area contributed by atoms with Crippen molar-refractivity contribution < 1.29 is 0 Å². The van der Waals surface area contributed by atoms with Crippen LogP contribution in [0.2, 0.25) is 5.02 Å². The summed E-state index contributed by atoms with van der Waals surface area (Å²) >= 11 is 6.68. The van der Waals surface area contributed by atoms with Crippen molar-refractivity contribution in [3.8, 4) is 0 Å². The quantitative estimate of drug-likeness (QED) is 0.315. The summed E-state index contributed by atoms with van der Waals surface area (Å²) in [6, 6.07) is 14.9. The SMILES string of the molecule is C=C(Nc1ccc(C(=C)N(C)CC2CCCCC2)c(Cl)c1)c1ccc(CCCCCC)cc1. The summed E-state index contributed by atoms with van der Waals surface area (Å²) in [5.74, 6) is 0.770. The number of aryl methyl sites for hydroxylation is 1. The third-order valence-corrected chi connectivity index (χ3v) is 7.23. The van der Waals surface area contributed by atoms with Crippen LogP contribution >= 0.6 is 11.6 Å². The van der Waals surface area contributed by atoms with Crippen molar-refractivity contribution in [1.82, 2.24) is 4.90 Å². The predicted octanol–water partition coefficient (Wildman–Crippen LogP) is 9.03. The summed E-state index contributed by atoms with van der Waals surface area (Å²) in [7, 11) is 2.13. The molecule has 0 spiro atoms. The summed E-state index contributed by atoms with van der Waals surface area (Å²) < 4.78 is 0. The van der Waals surface area contributed by atoms with Gasteiger partial charge in [0.1, 0.15) is 0 Å². The van der Waals surface area contributed by atoms with Crippen molar-refractivity contribution >= 4 is 28.7 Å². The number of benzene rings is 2. The maximum atomic E-state index is 6.68. The smallest absolute Gasteiger partial charge is 0.0519 e. The maximum absolute atomic E-state index is 6.68. The topological polar surface area (TPSA) is 15.3 Å². The molecule has 3 rings (SSSR count). The van der Waals surface area contributed by atoms with E-state index in [1.165, 1.54) is 63.4 Å². The largest absolute Gasteiger partial charge is 0.374 e. The zero-order valence-corrected chi connectivity index (χ0v) is 21.4. The maximum Gasteiger partial charge on any atom is 0.0519 e. The van der Waals surface area contributed by atoms with E-state index in [9.17, 15) is 0 Å². The van der Waals surface area contributed by atoms with Gasteiger partial charge in [-0.05, 0) is 60.9 Å². The van der Waals surface area contributed by atoms with Crippen LogP contribution in [0.4, 0.5) is 5.69 Å². The highest BCUT2D eigenvalue weighted by Crippen LogP contribution is 2.31. The van der Waals surface area contributed by atoms with Gasteiger partial charge >= 0.3 is 0 Å². The molecule has 0 radical (unpaired) electrons. The van der Waals surface area contributed by atoms with Gasteiger partial charge in [-0.1, -0.05) is 94.5 Å². The number of unbranched alkanes of at least 4 members (excludes halogenated alkanes) is 3. The Labute approximate surface area is 206 Å². The molecule has 178 valence electrons. The Morgan fingerprint density at radius 1 is 1.00 bits per heavy atom. The molecule has 0 amide bonds. The first-order chi connectivity index (χ1) is 16.0. The van der Waals surface area contributed by atoms with Gasteiger partial charge in [-0.25, -0.2) is 0 Å². The van der Waals surface area contributed by atoms with E-state index in [1.807, 2.05) is 6.07 Å². The van der Waals surface area contributed by atoms with Crippen LogP contribution in [0, 0.1) is 5.92 Å². The number of nitrogens with zero attached hydrogens (tertiary/aromatic N) is 1. The summed E-state index contributed by atoms with van der Waals surface area (Å²) in [6.07, 6.45) is 13.1. The molecule has 0 bridgehead atoms. The van der Waals surface area contributed by atoms with Crippen LogP contribution in [0.25, 0.3) is 11.4 Å². The first kappa shape index (κ1) is 25.4. The van der Waals surface area contributed by atoms with E-state index in [0.717, 1.165) is 52.1 Å². The fraction of sp³-hybridized carbons (Fsp3) is 0.467. The lowest BCUT2D eigenvalue weighted by Crippen LogP contribution is -2.25. The van der Waals surface area contributed by atoms with Gasteiger partial charge in [0.25, 0.3) is 0 Å². The highest BCUT2D eigenvalue weighted by Gasteiger charge is 2.18. The Morgan fingerprint density at radius 3 is 2.39 bits per heavy atom. The van der Waals surface area contributed by atoms with E-state index in [0.29, 0.717) is 0 Å². The number of nitrogens with one attached hydrogen (secondary N) is 1. The molecule has 1 saturated carbocycles. The molecule has 0 aromatic heterocycles. The molecule has 2 aromatic carbocycles. The molecule has 3 heteroatoms. The Bertz CT molecular complexity index is 909. The molecule has 0 heterocycles. The second-order valence-corrected chi connectivity index (χ2v) is 10.0. The fourth-order valence-corrected chi connectivity index (χ4v) is 5.06. The minimum atomic E-state index is 0.718. The summed E-state index contributed by atoms with van der Waals surface area (Å²) in [4.78, 5) is 2.27. The number of anilines is 1. The van der Waals surface area contributed by atoms with Crippen LogP contribution in [0.5, 0.6) is 0 Å². The van der Waals surface area contributed by atoms with E-state index in [-0.39, 0.29) is 0 Å². The summed E-state index contributed by atoms with van der Waals surface area (Å²) in [5.41, 5.74) is 6.31. The molecular weight excluding hydrogens is 424 g/mol. The lowest BCUT2D eigenvalue weighted by molar-refractivity contribution is 0.289. The lowest BCUT2D eigenvalue weighted by Gasteiger charge is -2.30. The van der Waals surface area contributed by atoms with Gasteiger partial charge in [-0.3, -0.25) is 0 Å². The zero-order valence-electron chi connectivity index (χ0n) is 20.6. The molecule has 1 fully saturated rings. The van der Waals surface area contributed by atoms with Crippen LogP contribution in [0.1, 0.15) is 81.4 Å². The monoisotopic (exact) mass is 464 g/mol. The van der Waals surface area contributed by atoms with E-state index >= 15 is 0 Å². The molecule has 0 atom stereocenters. The van der Waals surface area contributed by atoms with E-state index in [2.05, 4.69) is 73.7 Å². The van der Waals surface area contributed by atoms with Gasteiger partial charge in [-0.15, -0.1) is 0 Å². The van der Waals surface area contributed by atoms with E-state index in [4.69, 9.17) is 11.6 Å². The molecule has 0 saturated heterocycles. The van der Waals surface area contributed by atoms with Crippen molar-refractivity contribution in [2.45, 2.75) is 71.1 Å². The van der Waals surface area contributed by atoms with Crippen LogP contribution in [0.3, 0.4) is 0 Å². The van der Waals surface area contributed by atoms with Crippen LogP contribution < -0.4 is 5.32 Å². The molecule has 2 aromatic rings. The Kier molecular flexibility index (Phi) is 9.94. The number of rotatable bonds is 12. The Balaban J connectivity index is 1.55. The van der Waals surface area contributed by atoms with Gasteiger partial charge in [-0.2, -0.15) is 0 Å². The van der Waals surface area contributed by atoms with Gasteiger partial charge in [0.05, 0.1) is 5.02 Å². The zero-order chi connectivity index (χ0) is 23.6. The minimum Gasteiger partial charge on any atom is -0.374 e. The predicted molar refractivity (Wildman–Crippen MR) is 147 cm³/mol. The van der Waals surface area contributed by atoms with Gasteiger partial charge in [0.2, 0.25) is 0 Å². The van der Waals surface area contributed by atoms with Crippen molar-refractivity contribution in [2.24, 2.45) is 5.92 Å². The molecule has 1 aliphatic rings.